The molecular formula is C26H25BrClFN4O3S. The van der Waals surface area contributed by atoms with Crippen LogP contribution in [0.4, 0.5) is 10.1 Å². The molecule has 0 saturated carbocycles. The van der Waals surface area contributed by atoms with Gasteiger partial charge in [-0.3, -0.25) is 14.4 Å². The van der Waals surface area contributed by atoms with E-state index in [-0.39, 0.29) is 29.9 Å². The Labute approximate surface area is 231 Å². The number of thiazole rings is 1. The molecule has 7 nitrogen and oxygen atoms in total. The number of likely N-dealkylation sites (tertiary alicyclic amines) is 1. The van der Waals surface area contributed by atoms with Gasteiger partial charge < -0.3 is 15.5 Å². The number of carbonyl (C=O) groups is 3. The summed E-state index contributed by atoms with van der Waals surface area (Å²) in [4.78, 5) is 45.1. The van der Waals surface area contributed by atoms with Gasteiger partial charge in [-0.1, -0.05) is 45.7 Å². The molecule has 11 heteroatoms. The summed E-state index contributed by atoms with van der Waals surface area (Å²) in [7, 11) is 0. The number of aromatic nitrogens is 1. The van der Waals surface area contributed by atoms with Crippen LogP contribution in [-0.4, -0.2) is 40.7 Å². The molecule has 0 radical (unpaired) electrons. The van der Waals surface area contributed by atoms with Gasteiger partial charge in [0, 0.05) is 34.7 Å². The summed E-state index contributed by atoms with van der Waals surface area (Å²) < 4.78 is 14.3. The van der Waals surface area contributed by atoms with Crippen LogP contribution in [0.15, 0.2) is 46.9 Å². The van der Waals surface area contributed by atoms with Gasteiger partial charge in [-0.05, 0) is 51.0 Å². The summed E-state index contributed by atoms with van der Waals surface area (Å²) in [6, 6.07) is 11.4. The van der Waals surface area contributed by atoms with Crippen molar-refractivity contribution >= 4 is 62.3 Å². The summed E-state index contributed by atoms with van der Waals surface area (Å²) in [6.45, 7) is 4.28. The number of rotatable bonds is 5. The van der Waals surface area contributed by atoms with E-state index in [1.165, 1.54) is 34.4 Å². The van der Waals surface area contributed by atoms with Crippen LogP contribution in [0.1, 0.15) is 36.4 Å². The standard InChI is InChI=1S/C26H25BrClFN4O3S/c1-14(22-15(2)31-25(37-22)18-5-3-4-6-19(18)27)30-24(35)26(36)33-11-9-16(10-12-33)23(34)32-17-7-8-21(29)20(28)13-17/h3-8,13-14,16H,9-12H2,1-2H3,(H,30,35)(H,32,34). The van der Waals surface area contributed by atoms with Crippen molar-refractivity contribution in [3.05, 3.63) is 68.3 Å². The maximum Gasteiger partial charge on any atom is 0.311 e. The van der Waals surface area contributed by atoms with Gasteiger partial charge in [-0.15, -0.1) is 11.3 Å². The van der Waals surface area contributed by atoms with Crippen LogP contribution in [0, 0.1) is 18.7 Å². The van der Waals surface area contributed by atoms with Crippen LogP contribution in [-0.2, 0) is 14.4 Å². The lowest BCUT2D eigenvalue weighted by atomic mass is 9.95. The Kier molecular flexibility index (Phi) is 8.61. The number of piperidine rings is 1. The fraction of sp³-hybridized carbons (Fsp3) is 0.308. The first-order valence-corrected chi connectivity index (χ1v) is 13.7. The highest BCUT2D eigenvalue weighted by Gasteiger charge is 2.31. The van der Waals surface area contributed by atoms with Gasteiger partial charge in [-0.2, -0.15) is 0 Å². The molecule has 0 aliphatic carbocycles. The van der Waals surface area contributed by atoms with Gasteiger partial charge in [0.1, 0.15) is 10.8 Å². The predicted molar refractivity (Wildman–Crippen MR) is 146 cm³/mol. The molecule has 1 aliphatic rings. The van der Waals surface area contributed by atoms with Crippen molar-refractivity contribution in [3.8, 4) is 10.6 Å². The molecule has 194 valence electrons. The van der Waals surface area contributed by atoms with Gasteiger partial charge in [0.05, 0.1) is 21.6 Å². The third-order valence-electron chi connectivity index (χ3n) is 6.21. The number of anilines is 1. The van der Waals surface area contributed by atoms with E-state index in [0.29, 0.717) is 18.5 Å². The number of aryl methyl sites for hydroxylation is 1. The lowest BCUT2D eigenvalue weighted by molar-refractivity contribution is -0.147. The Morgan fingerprint density at radius 1 is 1.19 bits per heavy atom. The molecule has 0 bridgehead atoms. The van der Waals surface area contributed by atoms with Gasteiger partial charge in [0.2, 0.25) is 5.91 Å². The average Bonchev–Trinajstić information content (AvgIpc) is 3.27. The Bertz CT molecular complexity index is 1340. The lowest BCUT2D eigenvalue weighted by Gasteiger charge is -2.31. The van der Waals surface area contributed by atoms with E-state index >= 15 is 0 Å². The fourth-order valence-electron chi connectivity index (χ4n) is 4.19. The Morgan fingerprint density at radius 3 is 2.57 bits per heavy atom. The molecule has 1 fully saturated rings. The molecular weight excluding hydrogens is 583 g/mol. The average molecular weight is 608 g/mol. The third-order valence-corrected chi connectivity index (χ3v) is 8.57. The molecule has 0 spiro atoms. The molecule has 1 aromatic heterocycles. The van der Waals surface area contributed by atoms with Crippen LogP contribution in [0.3, 0.4) is 0 Å². The van der Waals surface area contributed by atoms with Crippen LogP contribution < -0.4 is 10.6 Å². The molecule has 1 atom stereocenters. The smallest absolute Gasteiger partial charge is 0.311 e. The summed E-state index contributed by atoms with van der Waals surface area (Å²) >= 11 is 10.8. The maximum atomic E-state index is 13.3. The van der Waals surface area contributed by atoms with E-state index in [4.69, 9.17) is 11.6 Å². The molecule has 3 amide bonds. The zero-order chi connectivity index (χ0) is 26.7. The normalized spacial score (nSPS) is 14.8. The second-order valence-corrected chi connectivity index (χ2v) is 11.1. The van der Waals surface area contributed by atoms with Crippen molar-refractivity contribution in [3.63, 3.8) is 0 Å². The highest BCUT2D eigenvalue weighted by atomic mass is 79.9. The van der Waals surface area contributed by atoms with Crippen molar-refractivity contribution in [2.75, 3.05) is 18.4 Å². The molecule has 2 heterocycles. The van der Waals surface area contributed by atoms with Gasteiger partial charge in [0.15, 0.2) is 0 Å². The van der Waals surface area contributed by atoms with Crippen molar-refractivity contribution in [1.29, 1.82) is 0 Å². The first kappa shape index (κ1) is 27.2. The van der Waals surface area contributed by atoms with E-state index in [1.54, 1.807) is 0 Å². The largest absolute Gasteiger partial charge is 0.340 e. The lowest BCUT2D eigenvalue weighted by Crippen LogP contribution is -2.48. The second kappa shape index (κ2) is 11.7. The van der Waals surface area contributed by atoms with E-state index in [9.17, 15) is 18.8 Å². The highest BCUT2D eigenvalue weighted by molar-refractivity contribution is 9.10. The zero-order valence-electron chi connectivity index (χ0n) is 20.2. The molecule has 2 aromatic carbocycles. The van der Waals surface area contributed by atoms with E-state index in [2.05, 4.69) is 31.5 Å². The monoisotopic (exact) mass is 606 g/mol. The van der Waals surface area contributed by atoms with Gasteiger partial charge >= 0.3 is 11.8 Å². The minimum Gasteiger partial charge on any atom is -0.340 e. The Balaban J connectivity index is 1.31. The van der Waals surface area contributed by atoms with Gasteiger partial charge in [0.25, 0.3) is 0 Å². The maximum absolute atomic E-state index is 13.3. The number of nitrogens with zero attached hydrogens (tertiary/aromatic N) is 2. The molecule has 2 N–H and O–H groups in total. The quantitative estimate of drug-likeness (QED) is 0.363. The summed E-state index contributed by atoms with van der Waals surface area (Å²) in [6.07, 6.45) is 0.831. The number of halogens is 3. The minimum atomic E-state index is -0.688. The molecule has 4 rings (SSSR count). The minimum absolute atomic E-state index is 0.0730. The number of amides is 3. The summed E-state index contributed by atoms with van der Waals surface area (Å²) in [5, 5.41) is 6.29. The Morgan fingerprint density at radius 2 is 1.89 bits per heavy atom. The molecule has 3 aromatic rings. The third kappa shape index (κ3) is 6.37. The topological polar surface area (TPSA) is 91.4 Å². The Hall–Kier alpha value is -2.82. The molecule has 1 aliphatic heterocycles. The van der Waals surface area contributed by atoms with Crippen molar-refractivity contribution in [1.82, 2.24) is 15.2 Å². The van der Waals surface area contributed by atoms with Crippen LogP contribution in [0.5, 0.6) is 0 Å². The highest BCUT2D eigenvalue weighted by Crippen LogP contribution is 2.35. The van der Waals surface area contributed by atoms with Crippen LogP contribution in [0.2, 0.25) is 5.02 Å². The van der Waals surface area contributed by atoms with Crippen molar-refractivity contribution in [2.45, 2.75) is 32.7 Å². The van der Waals surface area contributed by atoms with Crippen molar-refractivity contribution in [2.24, 2.45) is 5.92 Å². The van der Waals surface area contributed by atoms with E-state index in [0.717, 1.165) is 25.6 Å². The number of hydrogen-bond acceptors (Lipinski definition) is 5. The number of carbonyl (C=O) groups excluding carboxylic acids is 3. The zero-order valence-corrected chi connectivity index (χ0v) is 23.3. The predicted octanol–water partition coefficient (Wildman–Crippen LogP) is 5.73. The number of hydrogen-bond donors (Lipinski definition) is 2. The molecule has 1 saturated heterocycles. The van der Waals surface area contributed by atoms with Crippen LogP contribution in [0.25, 0.3) is 10.6 Å². The first-order valence-electron chi connectivity index (χ1n) is 11.7. The van der Waals surface area contributed by atoms with Crippen LogP contribution >= 0.6 is 38.9 Å². The number of benzene rings is 2. The van der Waals surface area contributed by atoms with Gasteiger partial charge in [-0.25, -0.2) is 9.37 Å². The van der Waals surface area contributed by atoms with Crippen molar-refractivity contribution < 1.29 is 18.8 Å². The number of nitrogens with one attached hydrogen (secondary N) is 2. The second-order valence-electron chi connectivity index (χ2n) is 8.83. The van der Waals surface area contributed by atoms with E-state index < -0.39 is 23.7 Å². The fourth-order valence-corrected chi connectivity index (χ4v) is 6.08. The molecule has 1 unspecified atom stereocenters. The summed E-state index contributed by atoms with van der Waals surface area (Å²) in [5.41, 5.74) is 2.17. The van der Waals surface area contributed by atoms with E-state index in [1.807, 2.05) is 38.1 Å². The summed E-state index contributed by atoms with van der Waals surface area (Å²) in [5.74, 6) is -2.43. The SMILES string of the molecule is Cc1nc(-c2ccccc2Br)sc1C(C)NC(=O)C(=O)N1CCC(C(=O)Nc2ccc(F)c(Cl)c2)CC1. The first-order chi connectivity index (χ1) is 17.6. The molecule has 37 heavy (non-hydrogen) atoms.